The number of rotatable bonds is 15. The molecule has 0 saturated heterocycles. The quantitative estimate of drug-likeness (QED) is 0.194. The van der Waals surface area contributed by atoms with Crippen molar-refractivity contribution in [3.8, 4) is 0 Å². The Bertz CT molecular complexity index is 298. The number of unbranched alkanes of at least 4 members (excludes halogenated alkanes) is 8. The van der Waals surface area contributed by atoms with Gasteiger partial charge in [0.05, 0.1) is 0 Å². The number of ether oxygens (including phenoxy) is 1. The number of esters is 1. The molecule has 0 fully saturated rings. The molecule has 0 aliphatic heterocycles. The minimum Gasteiger partial charge on any atom is -0.450 e. The first-order valence-corrected chi connectivity index (χ1v) is 8.97. The van der Waals surface area contributed by atoms with Gasteiger partial charge in [0.15, 0.2) is 0 Å². The fraction of sp³-hybridized carbons (Fsp3) is 0.737. The van der Waals surface area contributed by atoms with Crippen LogP contribution in [0.4, 0.5) is 0 Å². The van der Waals surface area contributed by atoms with Crippen LogP contribution in [0.1, 0.15) is 84.0 Å². The molecule has 0 radical (unpaired) electrons. The summed E-state index contributed by atoms with van der Waals surface area (Å²) in [6.07, 6.45) is 22.7. The van der Waals surface area contributed by atoms with E-state index < -0.39 is 0 Å². The summed E-state index contributed by atoms with van der Waals surface area (Å²) < 4.78 is 4.69. The monoisotopic (exact) mass is 309 g/mol. The van der Waals surface area contributed by atoms with Crippen LogP contribution < -0.4 is 5.73 Å². The van der Waals surface area contributed by atoms with Gasteiger partial charge < -0.3 is 4.74 Å². The summed E-state index contributed by atoms with van der Waals surface area (Å²) in [4.78, 5) is 11.1. The van der Waals surface area contributed by atoms with Crippen LogP contribution in [-0.4, -0.2) is 12.7 Å². The summed E-state index contributed by atoms with van der Waals surface area (Å²) in [6, 6.07) is 0. The first-order valence-electron chi connectivity index (χ1n) is 8.97. The fourth-order valence-electron chi connectivity index (χ4n) is 2.25. The topological polar surface area (TPSA) is 52.3 Å². The van der Waals surface area contributed by atoms with Crippen molar-refractivity contribution in [3.63, 3.8) is 0 Å². The van der Waals surface area contributed by atoms with Crippen molar-refractivity contribution in [2.75, 3.05) is 6.73 Å². The summed E-state index contributed by atoms with van der Waals surface area (Å²) in [5.74, 6) is -0.173. The summed E-state index contributed by atoms with van der Waals surface area (Å²) in [5.41, 5.74) is 5.13. The summed E-state index contributed by atoms with van der Waals surface area (Å²) >= 11 is 0. The minimum absolute atomic E-state index is 0.000896. The summed E-state index contributed by atoms with van der Waals surface area (Å²) in [6.45, 7) is 2.24. The number of allylic oxidation sites excluding steroid dienone is 4. The molecule has 0 spiro atoms. The molecule has 0 rings (SSSR count). The summed E-state index contributed by atoms with van der Waals surface area (Å²) in [5, 5.41) is 0. The van der Waals surface area contributed by atoms with Gasteiger partial charge in [0.2, 0.25) is 0 Å². The Kier molecular flexibility index (Phi) is 17.1. The van der Waals surface area contributed by atoms with Crippen LogP contribution >= 0.6 is 0 Å². The lowest BCUT2D eigenvalue weighted by Crippen LogP contribution is -2.11. The van der Waals surface area contributed by atoms with E-state index >= 15 is 0 Å². The normalized spacial score (nSPS) is 11.5. The van der Waals surface area contributed by atoms with E-state index in [4.69, 9.17) is 5.73 Å². The number of nitrogens with two attached hydrogens (primary N) is 1. The Hall–Kier alpha value is -1.09. The van der Waals surface area contributed by atoms with Crippen LogP contribution in [0, 0.1) is 0 Å². The molecule has 3 nitrogen and oxygen atoms in total. The zero-order valence-electron chi connectivity index (χ0n) is 14.4. The number of hydrogen-bond acceptors (Lipinski definition) is 3. The zero-order chi connectivity index (χ0) is 16.3. The average Bonchev–Trinajstić information content (AvgIpc) is 2.51. The third kappa shape index (κ3) is 17.0. The molecule has 0 aliphatic carbocycles. The summed E-state index contributed by atoms with van der Waals surface area (Å²) in [7, 11) is 0. The van der Waals surface area contributed by atoms with Crippen LogP contribution in [0.3, 0.4) is 0 Å². The molecular formula is C19H35NO2. The molecule has 0 aromatic carbocycles. The van der Waals surface area contributed by atoms with Crippen LogP contribution in [0.2, 0.25) is 0 Å². The van der Waals surface area contributed by atoms with E-state index in [-0.39, 0.29) is 12.7 Å². The van der Waals surface area contributed by atoms with Gasteiger partial charge in [-0.25, -0.2) is 0 Å². The lowest BCUT2D eigenvalue weighted by atomic mass is 10.1. The van der Waals surface area contributed by atoms with Crippen molar-refractivity contribution in [2.24, 2.45) is 5.73 Å². The molecule has 0 unspecified atom stereocenters. The van der Waals surface area contributed by atoms with Gasteiger partial charge in [-0.2, -0.15) is 0 Å². The standard InChI is InChI=1S/C19H35NO2/c1-2-3-4-5-6-7-8-9-10-11-12-13-14-15-16-17-19(21)22-18-20/h6-7,9-10H,2-5,8,11-18,20H2,1H3/b7-6-,10-9-. The predicted molar refractivity (Wildman–Crippen MR) is 94.5 cm³/mol. The first-order chi connectivity index (χ1) is 10.8. The number of hydrogen-bond donors (Lipinski definition) is 1. The van der Waals surface area contributed by atoms with Gasteiger partial charge in [0.25, 0.3) is 0 Å². The van der Waals surface area contributed by atoms with Gasteiger partial charge in [0.1, 0.15) is 6.73 Å². The highest BCUT2D eigenvalue weighted by Crippen LogP contribution is 2.08. The molecule has 22 heavy (non-hydrogen) atoms. The van der Waals surface area contributed by atoms with Gasteiger partial charge in [-0.05, 0) is 38.5 Å². The Morgan fingerprint density at radius 1 is 0.864 bits per heavy atom. The number of carbonyl (C=O) groups is 1. The Morgan fingerprint density at radius 2 is 1.45 bits per heavy atom. The third-order valence-electron chi connectivity index (χ3n) is 3.58. The highest BCUT2D eigenvalue weighted by molar-refractivity contribution is 5.69. The molecule has 0 aromatic heterocycles. The first kappa shape index (κ1) is 20.9. The largest absolute Gasteiger partial charge is 0.450 e. The third-order valence-corrected chi connectivity index (χ3v) is 3.58. The SMILES string of the molecule is CCCCC/C=C\C/C=C\CCCCCCCC(=O)OCN. The van der Waals surface area contributed by atoms with Crippen molar-refractivity contribution in [2.45, 2.75) is 84.0 Å². The Labute approximate surface area is 137 Å². The molecule has 3 heteroatoms. The van der Waals surface area contributed by atoms with Crippen LogP contribution in [0.5, 0.6) is 0 Å². The van der Waals surface area contributed by atoms with Crippen molar-refractivity contribution < 1.29 is 9.53 Å². The molecule has 128 valence electrons. The second-order valence-corrected chi connectivity index (χ2v) is 5.66. The van der Waals surface area contributed by atoms with Gasteiger partial charge in [-0.15, -0.1) is 0 Å². The van der Waals surface area contributed by atoms with E-state index in [0.29, 0.717) is 6.42 Å². The van der Waals surface area contributed by atoms with Gasteiger partial charge in [-0.3, -0.25) is 10.5 Å². The lowest BCUT2D eigenvalue weighted by molar-refractivity contribution is -0.143. The van der Waals surface area contributed by atoms with E-state index in [1.807, 2.05) is 0 Å². The molecule has 0 amide bonds. The maximum Gasteiger partial charge on any atom is 0.307 e. The van der Waals surface area contributed by atoms with Crippen molar-refractivity contribution >= 4 is 5.97 Å². The molecule has 0 bridgehead atoms. The van der Waals surface area contributed by atoms with E-state index in [9.17, 15) is 4.79 Å². The van der Waals surface area contributed by atoms with Crippen molar-refractivity contribution in [1.29, 1.82) is 0 Å². The molecule has 2 N–H and O–H groups in total. The average molecular weight is 309 g/mol. The molecule has 0 atom stereocenters. The van der Waals surface area contributed by atoms with Gasteiger partial charge in [0, 0.05) is 6.42 Å². The molecule has 0 aromatic rings. The van der Waals surface area contributed by atoms with Crippen LogP contribution in [-0.2, 0) is 9.53 Å². The number of carbonyl (C=O) groups excluding carboxylic acids is 1. The van der Waals surface area contributed by atoms with Gasteiger partial charge in [-0.1, -0.05) is 63.3 Å². The second-order valence-electron chi connectivity index (χ2n) is 5.66. The second kappa shape index (κ2) is 18.0. The van der Waals surface area contributed by atoms with Crippen molar-refractivity contribution in [3.05, 3.63) is 24.3 Å². The zero-order valence-corrected chi connectivity index (χ0v) is 14.4. The maximum atomic E-state index is 11.1. The van der Waals surface area contributed by atoms with E-state index in [0.717, 1.165) is 19.3 Å². The van der Waals surface area contributed by atoms with Crippen LogP contribution in [0.25, 0.3) is 0 Å². The molecule has 0 saturated carbocycles. The fourth-order valence-corrected chi connectivity index (χ4v) is 2.25. The van der Waals surface area contributed by atoms with E-state index in [2.05, 4.69) is 36.0 Å². The van der Waals surface area contributed by atoms with E-state index in [1.165, 1.54) is 51.4 Å². The van der Waals surface area contributed by atoms with E-state index in [1.54, 1.807) is 0 Å². The van der Waals surface area contributed by atoms with Crippen LogP contribution in [0.15, 0.2) is 24.3 Å². The predicted octanol–water partition coefficient (Wildman–Crippen LogP) is 5.26. The molecular weight excluding hydrogens is 274 g/mol. The highest BCUT2D eigenvalue weighted by Gasteiger charge is 2.00. The van der Waals surface area contributed by atoms with Gasteiger partial charge >= 0.3 is 5.97 Å². The Balaban J connectivity index is 3.22. The van der Waals surface area contributed by atoms with Crippen molar-refractivity contribution in [1.82, 2.24) is 0 Å². The smallest absolute Gasteiger partial charge is 0.307 e. The lowest BCUT2D eigenvalue weighted by Gasteiger charge is -2.01. The highest BCUT2D eigenvalue weighted by atomic mass is 16.5. The minimum atomic E-state index is -0.173. The maximum absolute atomic E-state index is 11.1. The molecule has 0 heterocycles. The molecule has 0 aliphatic rings. The Morgan fingerprint density at radius 3 is 2.09 bits per heavy atom.